The minimum absolute atomic E-state index is 0.344. The fourth-order valence-electron chi connectivity index (χ4n) is 0.375. The predicted octanol–water partition coefficient (Wildman–Crippen LogP) is -0.566. The normalized spacial score (nSPS) is 10.5. The summed E-state index contributed by atoms with van der Waals surface area (Å²) < 4.78 is 26.2. The van der Waals surface area contributed by atoms with Crippen LogP contribution in [0.2, 0.25) is 0 Å². The molecule has 4 N–H and O–H groups in total. The molecule has 1 radical (unpaired) electrons. The molecule has 0 heterocycles. The molecular weight excluding hydrogens is 215 g/mol. The molecule has 0 fully saturated rings. The molecule has 11 heavy (non-hydrogen) atoms. The van der Waals surface area contributed by atoms with Crippen LogP contribution in [0.5, 0.6) is 0 Å². The van der Waals surface area contributed by atoms with Gasteiger partial charge in [0, 0.05) is 0 Å². The van der Waals surface area contributed by atoms with Gasteiger partial charge in [0.25, 0.3) is 0 Å². The van der Waals surface area contributed by atoms with Crippen molar-refractivity contribution < 1.29 is 15.6 Å². The zero-order valence-corrected chi connectivity index (χ0v) is 8.03. The van der Waals surface area contributed by atoms with Crippen LogP contribution in [0.3, 0.4) is 0 Å². The van der Waals surface area contributed by atoms with Crippen LogP contribution in [0.25, 0.3) is 0 Å². The number of nitrogens with one attached hydrogen (secondary N) is 2. The number of hydrogen-bond donors (Lipinski definition) is 4. The first kappa shape index (κ1) is 10.4. The van der Waals surface area contributed by atoms with Gasteiger partial charge in [-0.1, -0.05) is 0 Å². The van der Waals surface area contributed by atoms with Crippen molar-refractivity contribution in [1.82, 2.24) is 0 Å². The van der Waals surface area contributed by atoms with Gasteiger partial charge in [-0.2, -0.15) is 0 Å². The van der Waals surface area contributed by atoms with Crippen molar-refractivity contribution in [3.63, 3.8) is 0 Å². The SMILES string of the molecule is CC(=N)O[As](O)(O)OC(C)=N. The molecule has 0 unspecified atom stereocenters. The summed E-state index contributed by atoms with van der Waals surface area (Å²) in [5.74, 6) is -0.687. The fraction of sp³-hybridized carbons (Fsp3) is 0.500. The van der Waals surface area contributed by atoms with Crippen molar-refractivity contribution in [3.05, 3.63) is 0 Å². The third-order valence-electron chi connectivity index (χ3n) is 0.512. The standard InChI is InChI=1S/C4H10AsN2O4/c1-3(6)10-5(8,9)11-4(2)7/h6-9H,1-2H3. The first-order valence-corrected chi connectivity index (χ1v) is 5.88. The van der Waals surface area contributed by atoms with Crippen molar-refractivity contribution in [1.29, 1.82) is 10.8 Å². The Kier molecular flexibility index (Phi) is 3.51. The zero-order chi connectivity index (χ0) is 9.07. The van der Waals surface area contributed by atoms with Gasteiger partial charge in [-0.05, 0) is 0 Å². The first-order chi connectivity index (χ1) is 4.83. The molecule has 0 aromatic rings. The summed E-state index contributed by atoms with van der Waals surface area (Å²) >= 11 is -4.60. The molecule has 0 aliphatic heterocycles. The molecule has 0 atom stereocenters. The summed E-state index contributed by atoms with van der Waals surface area (Å²) in [6, 6.07) is 0. The Bertz CT molecular complexity index is 163. The molecule has 0 aromatic carbocycles. The van der Waals surface area contributed by atoms with Crippen LogP contribution >= 0.6 is 0 Å². The average molecular weight is 225 g/mol. The number of rotatable bonds is 2. The molecule has 0 aliphatic carbocycles. The Hall–Kier alpha value is -0.582. The molecule has 0 rings (SSSR count). The maximum atomic E-state index is 8.86. The van der Waals surface area contributed by atoms with Gasteiger partial charge < -0.3 is 0 Å². The van der Waals surface area contributed by atoms with Gasteiger partial charge >= 0.3 is 67.0 Å². The molecule has 65 valence electrons. The van der Waals surface area contributed by atoms with Crippen LogP contribution in [-0.4, -0.2) is 34.9 Å². The van der Waals surface area contributed by atoms with Gasteiger partial charge in [0.2, 0.25) is 0 Å². The Morgan fingerprint density at radius 3 is 1.55 bits per heavy atom. The average Bonchev–Trinajstić information content (AvgIpc) is 1.53. The molecule has 6 nitrogen and oxygen atoms in total. The van der Waals surface area contributed by atoms with Crippen LogP contribution in [-0.2, 0) is 7.45 Å². The molecule has 0 saturated carbocycles. The Morgan fingerprint density at radius 1 is 1.09 bits per heavy atom. The van der Waals surface area contributed by atoms with Gasteiger partial charge in [0.15, 0.2) is 0 Å². The van der Waals surface area contributed by atoms with Crippen molar-refractivity contribution in [2.75, 3.05) is 0 Å². The van der Waals surface area contributed by atoms with Gasteiger partial charge in [-0.25, -0.2) is 0 Å². The Balaban J connectivity index is 3.99. The second-order valence-corrected chi connectivity index (χ2v) is 4.61. The van der Waals surface area contributed by atoms with Gasteiger partial charge in [0.05, 0.1) is 0 Å². The second kappa shape index (κ2) is 3.71. The fourth-order valence-corrected chi connectivity index (χ4v) is 1.95. The third kappa shape index (κ3) is 5.84. The Labute approximate surface area is 67.6 Å². The van der Waals surface area contributed by atoms with E-state index in [0.717, 1.165) is 0 Å². The van der Waals surface area contributed by atoms with Crippen molar-refractivity contribution >= 4 is 26.7 Å². The van der Waals surface area contributed by atoms with E-state index in [4.69, 9.17) is 19.0 Å². The van der Waals surface area contributed by atoms with Crippen molar-refractivity contribution in [2.24, 2.45) is 0 Å². The van der Waals surface area contributed by atoms with Gasteiger partial charge in [0.1, 0.15) is 0 Å². The maximum absolute atomic E-state index is 8.86. The van der Waals surface area contributed by atoms with Crippen molar-refractivity contribution in [3.8, 4) is 0 Å². The summed E-state index contributed by atoms with van der Waals surface area (Å²) in [5, 5.41) is 13.5. The molecule has 0 aromatic heterocycles. The van der Waals surface area contributed by atoms with E-state index in [1.165, 1.54) is 13.8 Å². The summed E-state index contributed by atoms with van der Waals surface area (Å²) in [5.41, 5.74) is 0. The summed E-state index contributed by atoms with van der Waals surface area (Å²) in [6.45, 7) is 2.48. The third-order valence-corrected chi connectivity index (χ3v) is 2.66. The van der Waals surface area contributed by atoms with Crippen LogP contribution in [0.15, 0.2) is 0 Å². The molecule has 0 saturated heterocycles. The van der Waals surface area contributed by atoms with Gasteiger partial charge in [-0.15, -0.1) is 0 Å². The van der Waals surface area contributed by atoms with Crippen LogP contribution in [0, 0.1) is 10.8 Å². The van der Waals surface area contributed by atoms with Crippen LogP contribution < -0.4 is 0 Å². The van der Waals surface area contributed by atoms with E-state index in [9.17, 15) is 0 Å². The van der Waals surface area contributed by atoms with E-state index in [-0.39, 0.29) is 11.8 Å². The Morgan fingerprint density at radius 2 is 1.36 bits per heavy atom. The van der Waals surface area contributed by atoms with E-state index in [0.29, 0.717) is 0 Å². The molecular formula is C4H10AsN2O4. The number of hydrogen-bond acceptors (Lipinski definition) is 6. The van der Waals surface area contributed by atoms with E-state index < -0.39 is 14.9 Å². The quantitative estimate of drug-likeness (QED) is 0.287. The molecule has 0 spiro atoms. The molecule has 0 bridgehead atoms. The predicted molar refractivity (Wildman–Crippen MR) is 39.2 cm³/mol. The summed E-state index contributed by atoms with van der Waals surface area (Å²) in [6.07, 6.45) is 0. The summed E-state index contributed by atoms with van der Waals surface area (Å²) in [4.78, 5) is 0. The van der Waals surface area contributed by atoms with E-state index in [2.05, 4.69) is 7.45 Å². The van der Waals surface area contributed by atoms with E-state index in [1.54, 1.807) is 0 Å². The monoisotopic (exact) mass is 225 g/mol. The van der Waals surface area contributed by atoms with E-state index >= 15 is 0 Å². The second-order valence-electron chi connectivity index (χ2n) is 1.79. The summed E-state index contributed by atoms with van der Waals surface area (Å²) in [7, 11) is 0. The van der Waals surface area contributed by atoms with Crippen LogP contribution in [0.4, 0.5) is 0 Å². The molecule has 0 aliphatic rings. The molecule has 7 heteroatoms. The minimum atomic E-state index is -4.60. The topological polar surface area (TPSA) is 107 Å². The van der Waals surface area contributed by atoms with Gasteiger partial charge in [-0.3, -0.25) is 0 Å². The van der Waals surface area contributed by atoms with E-state index in [1.807, 2.05) is 0 Å². The van der Waals surface area contributed by atoms with Crippen LogP contribution in [0.1, 0.15) is 13.8 Å². The molecule has 0 amide bonds. The zero-order valence-electron chi connectivity index (χ0n) is 6.16. The van der Waals surface area contributed by atoms with Crippen molar-refractivity contribution in [2.45, 2.75) is 13.8 Å². The first-order valence-electron chi connectivity index (χ1n) is 2.67.